The number of fused-ring (bicyclic) bond motifs is 1. The zero-order chi connectivity index (χ0) is 19.7. The zero-order valence-corrected chi connectivity index (χ0v) is 16.9. The van der Waals surface area contributed by atoms with E-state index in [4.69, 9.17) is 5.11 Å². The molecule has 0 saturated carbocycles. The van der Waals surface area contributed by atoms with Crippen molar-refractivity contribution in [2.45, 2.75) is 50.0 Å². The summed E-state index contributed by atoms with van der Waals surface area (Å²) in [6.07, 6.45) is 4.93. The lowest BCUT2D eigenvalue weighted by Gasteiger charge is -2.23. The fourth-order valence-corrected chi connectivity index (χ4v) is 5.27. The SMILES string of the molecule is CC(C)(C)c1ccccc1S(=O)(=O)NC1Cc2ccc(/C=C/CO)cc2C1. The van der Waals surface area contributed by atoms with Crippen molar-refractivity contribution in [1.82, 2.24) is 4.72 Å². The molecule has 2 N–H and O–H groups in total. The first kappa shape index (κ1) is 19.8. The highest BCUT2D eigenvalue weighted by Crippen LogP contribution is 2.30. The molecule has 3 rings (SSSR count). The van der Waals surface area contributed by atoms with Gasteiger partial charge in [0.15, 0.2) is 0 Å². The van der Waals surface area contributed by atoms with E-state index in [2.05, 4.69) is 10.8 Å². The molecule has 1 atom stereocenters. The fraction of sp³-hybridized carbons (Fsp3) is 0.364. The van der Waals surface area contributed by atoms with Crippen LogP contribution in [0.3, 0.4) is 0 Å². The van der Waals surface area contributed by atoms with Crippen LogP contribution in [0.2, 0.25) is 0 Å². The van der Waals surface area contributed by atoms with Crippen molar-refractivity contribution in [3.05, 3.63) is 70.8 Å². The Morgan fingerprint density at radius 2 is 1.81 bits per heavy atom. The second-order valence-corrected chi connectivity index (χ2v) is 9.77. The summed E-state index contributed by atoms with van der Waals surface area (Å²) in [6.45, 7) is 6.07. The minimum Gasteiger partial charge on any atom is -0.392 e. The van der Waals surface area contributed by atoms with Gasteiger partial charge in [0.05, 0.1) is 11.5 Å². The van der Waals surface area contributed by atoms with Crippen molar-refractivity contribution in [2.75, 3.05) is 6.61 Å². The molecule has 0 bridgehead atoms. The lowest BCUT2D eigenvalue weighted by Crippen LogP contribution is -2.36. The van der Waals surface area contributed by atoms with E-state index in [0.29, 0.717) is 17.7 Å². The van der Waals surface area contributed by atoms with Crippen LogP contribution in [0.15, 0.2) is 53.4 Å². The monoisotopic (exact) mass is 385 g/mol. The van der Waals surface area contributed by atoms with Gasteiger partial charge >= 0.3 is 0 Å². The lowest BCUT2D eigenvalue weighted by molar-refractivity contribution is 0.343. The summed E-state index contributed by atoms with van der Waals surface area (Å²) < 4.78 is 29.0. The number of nitrogens with one attached hydrogen (secondary N) is 1. The first-order valence-electron chi connectivity index (χ1n) is 9.22. The standard InChI is InChI=1S/C22H27NO3S/c1-22(2,3)20-8-4-5-9-21(20)27(25,26)23-19-14-17-11-10-16(7-6-12-24)13-18(17)15-19/h4-11,13,19,23-24H,12,14-15H2,1-3H3/b7-6+. The predicted octanol–water partition coefficient (Wildman–Crippen LogP) is 3.44. The van der Waals surface area contributed by atoms with E-state index in [1.54, 1.807) is 18.2 Å². The molecule has 144 valence electrons. The Bertz CT molecular complexity index is 956. The summed E-state index contributed by atoms with van der Waals surface area (Å²) in [5.41, 5.74) is 3.92. The minimum atomic E-state index is -3.60. The van der Waals surface area contributed by atoms with Crippen LogP contribution in [0.1, 0.15) is 43.0 Å². The topological polar surface area (TPSA) is 66.4 Å². The van der Waals surface area contributed by atoms with Crippen LogP contribution in [0, 0.1) is 0 Å². The van der Waals surface area contributed by atoms with Gasteiger partial charge in [-0.1, -0.05) is 69.3 Å². The molecule has 0 aromatic heterocycles. The average Bonchev–Trinajstić information content (AvgIpc) is 2.99. The zero-order valence-electron chi connectivity index (χ0n) is 16.1. The molecule has 1 aliphatic carbocycles. The minimum absolute atomic E-state index is 0.00664. The number of rotatable bonds is 5. The van der Waals surface area contributed by atoms with Gasteiger partial charge in [-0.3, -0.25) is 0 Å². The number of aliphatic hydroxyl groups excluding tert-OH is 1. The molecule has 1 aliphatic rings. The third kappa shape index (κ3) is 4.49. The summed E-state index contributed by atoms with van der Waals surface area (Å²) >= 11 is 0. The normalized spacial score (nSPS) is 17.4. The maximum atomic E-state index is 13.1. The van der Waals surface area contributed by atoms with Crippen molar-refractivity contribution in [2.24, 2.45) is 0 Å². The van der Waals surface area contributed by atoms with E-state index >= 15 is 0 Å². The Hall–Kier alpha value is -1.95. The van der Waals surface area contributed by atoms with E-state index in [0.717, 1.165) is 16.7 Å². The Kier molecular flexibility index (Phi) is 5.56. The van der Waals surface area contributed by atoms with Gasteiger partial charge in [0.25, 0.3) is 0 Å². The summed E-state index contributed by atoms with van der Waals surface area (Å²) in [7, 11) is -3.60. The fourth-order valence-electron chi connectivity index (χ4n) is 3.62. The predicted molar refractivity (Wildman–Crippen MR) is 109 cm³/mol. The second kappa shape index (κ2) is 7.58. The molecule has 0 amide bonds. The van der Waals surface area contributed by atoms with Gasteiger partial charge in [-0.25, -0.2) is 13.1 Å². The molecule has 0 heterocycles. The van der Waals surface area contributed by atoms with E-state index in [1.807, 2.05) is 51.1 Å². The highest BCUT2D eigenvalue weighted by atomic mass is 32.2. The molecule has 2 aromatic rings. The number of hydrogen-bond acceptors (Lipinski definition) is 3. The molecule has 2 aromatic carbocycles. The highest BCUT2D eigenvalue weighted by Gasteiger charge is 2.30. The largest absolute Gasteiger partial charge is 0.392 e. The first-order chi connectivity index (χ1) is 12.7. The van der Waals surface area contributed by atoms with E-state index in [1.165, 1.54) is 5.56 Å². The van der Waals surface area contributed by atoms with Crippen LogP contribution in [0.5, 0.6) is 0 Å². The summed E-state index contributed by atoms with van der Waals surface area (Å²) in [5, 5.41) is 8.91. The third-order valence-corrected chi connectivity index (χ3v) is 6.46. The van der Waals surface area contributed by atoms with Crippen molar-refractivity contribution in [3.63, 3.8) is 0 Å². The quantitative estimate of drug-likeness (QED) is 0.829. The number of sulfonamides is 1. The third-order valence-electron chi connectivity index (χ3n) is 4.89. The molecular weight excluding hydrogens is 358 g/mol. The Balaban J connectivity index is 1.81. The highest BCUT2D eigenvalue weighted by molar-refractivity contribution is 7.89. The number of hydrogen-bond donors (Lipinski definition) is 2. The molecule has 4 nitrogen and oxygen atoms in total. The molecular formula is C22H27NO3S. The van der Waals surface area contributed by atoms with E-state index < -0.39 is 10.0 Å². The van der Waals surface area contributed by atoms with Crippen LogP contribution in [-0.2, 0) is 28.3 Å². The Labute approximate surface area is 162 Å². The van der Waals surface area contributed by atoms with Gasteiger partial charge in [0.2, 0.25) is 10.0 Å². The Morgan fingerprint density at radius 3 is 2.52 bits per heavy atom. The van der Waals surface area contributed by atoms with Crippen LogP contribution in [0.25, 0.3) is 6.08 Å². The average molecular weight is 386 g/mol. The Morgan fingerprint density at radius 1 is 1.11 bits per heavy atom. The van der Waals surface area contributed by atoms with Crippen molar-refractivity contribution in [3.8, 4) is 0 Å². The number of aliphatic hydroxyl groups is 1. The van der Waals surface area contributed by atoms with Gasteiger partial charge in [-0.2, -0.15) is 0 Å². The molecule has 0 fully saturated rings. The smallest absolute Gasteiger partial charge is 0.241 e. The summed E-state index contributed by atoms with van der Waals surface area (Å²) in [4.78, 5) is 0.361. The molecule has 1 unspecified atom stereocenters. The second-order valence-electron chi connectivity index (χ2n) is 8.09. The number of benzene rings is 2. The van der Waals surface area contributed by atoms with Crippen LogP contribution in [0.4, 0.5) is 0 Å². The van der Waals surface area contributed by atoms with Crippen molar-refractivity contribution < 1.29 is 13.5 Å². The van der Waals surface area contributed by atoms with Crippen LogP contribution in [-0.4, -0.2) is 26.2 Å². The lowest BCUT2D eigenvalue weighted by atomic mass is 9.87. The van der Waals surface area contributed by atoms with Gasteiger partial charge in [-0.05, 0) is 46.6 Å². The molecule has 27 heavy (non-hydrogen) atoms. The van der Waals surface area contributed by atoms with Gasteiger partial charge < -0.3 is 5.11 Å². The van der Waals surface area contributed by atoms with Crippen LogP contribution < -0.4 is 4.72 Å². The van der Waals surface area contributed by atoms with Crippen molar-refractivity contribution >= 4 is 16.1 Å². The van der Waals surface area contributed by atoms with E-state index in [-0.39, 0.29) is 18.1 Å². The molecule has 5 heteroatoms. The van der Waals surface area contributed by atoms with Gasteiger partial charge in [0, 0.05) is 6.04 Å². The maximum Gasteiger partial charge on any atom is 0.241 e. The first-order valence-corrected chi connectivity index (χ1v) is 10.7. The maximum absolute atomic E-state index is 13.1. The molecule has 0 radical (unpaired) electrons. The van der Waals surface area contributed by atoms with Crippen LogP contribution >= 0.6 is 0 Å². The molecule has 0 aliphatic heterocycles. The summed E-state index contributed by atoms with van der Waals surface area (Å²) in [5.74, 6) is 0. The summed E-state index contributed by atoms with van der Waals surface area (Å²) in [6, 6.07) is 13.2. The van der Waals surface area contributed by atoms with Gasteiger partial charge in [0.1, 0.15) is 0 Å². The van der Waals surface area contributed by atoms with Crippen molar-refractivity contribution in [1.29, 1.82) is 0 Å². The molecule has 0 spiro atoms. The molecule has 0 saturated heterocycles. The van der Waals surface area contributed by atoms with E-state index in [9.17, 15) is 8.42 Å². The van der Waals surface area contributed by atoms with Gasteiger partial charge in [-0.15, -0.1) is 0 Å².